The summed E-state index contributed by atoms with van der Waals surface area (Å²) in [6.45, 7) is 11.4. The standard InChI is InChI=1S/C16H25NO2/c1-6-14(16(18)17(7-2)8-3)19-15-11-12(4)9-10-13(15)5/h9-11,14H,6-8H2,1-5H3/t14-/m1/s1. The number of carbonyl (C=O) groups is 1. The molecule has 0 unspecified atom stereocenters. The summed E-state index contributed by atoms with van der Waals surface area (Å²) in [6, 6.07) is 6.07. The third kappa shape index (κ3) is 3.98. The van der Waals surface area contributed by atoms with Gasteiger partial charge < -0.3 is 9.64 Å². The fourth-order valence-corrected chi connectivity index (χ4v) is 2.03. The predicted molar refractivity (Wildman–Crippen MR) is 78.6 cm³/mol. The van der Waals surface area contributed by atoms with Gasteiger partial charge in [-0.25, -0.2) is 0 Å². The van der Waals surface area contributed by atoms with Gasteiger partial charge in [0.1, 0.15) is 5.75 Å². The van der Waals surface area contributed by atoms with E-state index in [-0.39, 0.29) is 12.0 Å². The number of hydrogen-bond acceptors (Lipinski definition) is 2. The first-order valence-corrected chi connectivity index (χ1v) is 7.06. The molecule has 0 spiro atoms. The Balaban J connectivity index is 2.87. The number of ether oxygens (including phenoxy) is 1. The van der Waals surface area contributed by atoms with Crippen molar-refractivity contribution in [3.05, 3.63) is 29.3 Å². The van der Waals surface area contributed by atoms with E-state index in [1.807, 2.05) is 51.7 Å². The van der Waals surface area contributed by atoms with E-state index in [0.29, 0.717) is 6.42 Å². The molecule has 1 rings (SSSR count). The van der Waals surface area contributed by atoms with Crippen LogP contribution >= 0.6 is 0 Å². The molecule has 19 heavy (non-hydrogen) atoms. The zero-order valence-electron chi connectivity index (χ0n) is 12.7. The highest BCUT2D eigenvalue weighted by molar-refractivity contribution is 5.81. The van der Waals surface area contributed by atoms with Gasteiger partial charge in [0.2, 0.25) is 0 Å². The van der Waals surface area contributed by atoms with Crippen molar-refractivity contribution >= 4 is 5.91 Å². The Morgan fingerprint density at radius 2 is 1.84 bits per heavy atom. The highest BCUT2D eigenvalue weighted by Crippen LogP contribution is 2.21. The molecule has 106 valence electrons. The SMILES string of the molecule is CC[C@@H](Oc1cc(C)ccc1C)C(=O)N(CC)CC. The first kappa shape index (κ1) is 15.5. The minimum absolute atomic E-state index is 0.0772. The smallest absolute Gasteiger partial charge is 0.263 e. The predicted octanol–water partition coefficient (Wildman–Crippen LogP) is 3.33. The zero-order chi connectivity index (χ0) is 14.4. The Labute approximate surface area is 116 Å². The van der Waals surface area contributed by atoms with Crippen LogP contribution in [0.15, 0.2) is 18.2 Å². The van der Waals surface area contributed by atoms with Gasteiger partial charge in [0.25, 0.3) is 5.91 Å². The zero-order valence-corrected chi connectivity index (χ0v) is 12.7. The molecule has 0 bridgehead atoms. The molecule has 0 aliphatic heterocycles. The lowest BCUT2D eigenvalue weighted by Crippen LogP contribution is -2.41. The Morgan fingerprint density at radius 3 is 2.37 bits per heavy atom. The van der Waals surface area contributed by atoms with Crippen molar-refractivity contribution in [1.82, 2.24) is 4.90 Å². The van der Waals surface area contributed by atoms with E-state index in [9.17, 15) is 4.79 Å². The van der Waals surface area contributed by atoms with Crippen LogP contribution in [-0.4, -0.2) is 30.0 Å². The van der Waals surface area contributed by atoms with Gasteiger partial charge in [-0.15, -0.1) is 0 Å². The second kappa shape index (κ2) is 7.17. The molecule has 0 aliphatic carbocycles. The summed E-state index contributed by atoms with van der Waals surface area (Å²) < 4.78 is 5.93. The van der Waals surface area contributed by atoms with Crippen LogP contribution in [0.1, 0.15) is 38.3 Å². The minimum Gasteiger partial charge on any atom is -0.480 e. The maximum atomic E-state index is 12.3. The van der Waals surface area contributed by atoms with Crippen molar-refractivity contribution in [3.8, 4) is 5.75 Å². The van der Waals surface area contributed by atoms with E-state index in [1.54, 1.807) is 0 Å². The molecule has 1 atom stereocenters. The van der Waals surface area contributed by atoms with Crippen LogP contribution in [0.2, 0.25) is 0 Å². The summed E-state index contributed by atoms with van der Waals surface area (Å²) >= 11 is 0. The number of amides is 1. The molecule has 0 radical (unpaired) electrons. The number of rotatable bonds is 6. The maximum absolute atomic E-state index is 12.3. The Bertz CT molecular complexity index is 425. The van der Waals surface area contributed by atoms with Gasteiger partial charge in [0.15, 0.2) is 6.10 Å². The molecule has 1 aromatic carbocycles. The molecule has 0 aliphatic rings. The lowest BCUT2D eigenvalue weighted by molar-refractivity contribution is -0.138. The molecule has 0 heterocycles. The molecule has 1 amide bonds. The third-order valence-electron chi connectivity index (χ3n) is 3.33. The lowest BCUT2D eigenvalue weighted by Gasteiger charge is -2.25. The van der Waals surface area contributed by atoms with E-state index in [0.717, 1.165) is 30.0 Å². The van der Waals surface area contributed by atoms with Crippen LogP contribution in [0.5, 0.6) is 5.75 Å². The van der Waals surface area contributed by atoms with E-state index < -0.39 is 0 Å². The van der Waals surface area contributed by atoms with Crippen molar-refractivity contribution in [1.29, 1.82) is 0 Å². The van der Waals surface area contributed by atoms with Gasteiger partial charge in [0, 0.05) is 13.1 Å². The number of aryl methyl sites for hydroxylation is 2. The van der Waals surface area contributed by atoms with Crippen LogP contribution in [0.3, 0.4) is 0 Å². The Kier molecular flexibility index (Phi) is 5.87. The second-order valence-electron chi connectivity index (χ2n) is 4.79. The highest BCUT2D eigenvalue weighted by atomic mass is 16.5. The van der Waals surface area contributed by atoms with Gasteiger partial charge in [0.05, 0.1) is 0 Å². The molecule has 0 N–H and O–H groups in total. The van der Waals surface area contributed by atoms with E-state index in [2.05, 4.69) is 6.07 Å². The molecule has 0 saturated carbocycles. The van der Waals surface area contributed by atoms with Crippen molar-refractivity contribution in [2.75, 3.05) is 13.1 Å². The average molecular weight is 263 g/mol. The molecule has 3 nitrogen and oxygen atoms in total. The van der Waals surface area contributed by atoms with E-state index >= 15 is 0 Å². The highest BCUT2D eigenvalue weighted by Gasteiger charge is 2.23. The van der Waals surface area contributed by atoms with Gasteiger partial charge in [-0.2, -0.15) is 0 Å². The molecule has 0 aromatic heterocycles. The summed E-state index contributed by atoms with van der Waals surface area (Å²) in [5.74, 6) is 0.890. The van der Waals surface area contributed by atoms with Crippen LogP contribution in [-0.2, 0) is 4.79 Å². The lowest BCUT2D eigenvalue weighted by atomic mass is 10.1. The van der Waals surface area contributed by atoms with Crippen LogP contribution in [0.25, 0.3) is 0 Å². The number of hydrogen-bond donors (Lipinski definition) is 0. The maximum Gasteiger partial charge on any atom is 0.263 e. The monoisotopic (exact) mass is 263 g/mol. The molecule has 0 saturated heterocycles. The van der Waals surface area contributed by atoms with Crippen molar-refractivity contribution in [2.24, 2.45) is 0 Å². The van der Waals surface area contributed by atoms with Crippen LogP contribution in [0, 0.1) is 13.8 Å². The van der Waals surface area contributed by atoms with Crippen molar-refractivity contribution < 1.29 is 9.53 Å². The summed E-state index contributed by atoms with van der Waals surface area (Å²) in [5, 5.41) is 0. The van der Waals surface area contributed by atoms with E-state index in [1.165, 1.54) is 0 Å². The van der Waals surface area contributed by atoms with E-state index in [4.69, 9.17) is 4.74 Å². The summed E-state index contributed by atoms with van der Waals surface area (Å²) in [4.78, 5) is 14.2. The number of nitrogens with zero attached hydrogens (tertiary/aromatic N) is 1. The van der Waals surface area contributed by atoms with Crippen molar-refractivity contribution in [3.63, 3.8) is 0 Å². The van der Waals surface area contributed by atoms with Crippen LogP contribution < -0.4 is 4.74 Å². The first-order chi connectivity index (χ1) is 9.03. The van der Waals surface area contributed by atoms with Gasteiger partial charge in [-0.3, -0.25) is 4.79 Å². The first-order valence-electron chi connectivity index (χ1n) is 7.06. The van der Waals surface area contributed by atoms with Crippen LogP contribution in [0.4, 0.5) is 0 Å². The Hall–Kier alpha value is -1.51. The second-order valence-corrected chi connectivity index (χ2v) is 4.79. The molecule has 1 aromatic rings. The van der Waals surface area contributed by atoms with Crippen molar-refractivity contribution in [2.45, 2.75) is 47.1 Å². The molecule has 0 fully saturated rings. The number of likely N-dealkylation sites (N-methyl/N-ethyl adjacent to an activating group) is 1. The Morgan fingerprint density at radius 1 is 1.21 bits per heavy atom. The topological polar surface area (TPSA) is 29.5 Å². The summed E-state index contributed by atoms with van der Waals surface area (Å²) in [7, 11) is 0. The molecular weight excluding hydrogens is 238 g/mol. The van der Waals surface area contributed by atoms with Gasteiger partial charge >= 0.3 is 0 Å². The van der Waals surface area contributed by atoms with Gasteiger partial charge in [-0.05, 0) is 51.3 Å². The quantitative estimate of drug-likeness (QED) is 0.788. The minimum atomic E-state index is -0.389. The number of benzene rings is 1. The molecule has 3 heteroatoms. The average Bonchev–Trinajstić information content (AvgIpc) is 2.41. The molecular formula is C16H25NO2. The number of carbonyl (C=O) groups excluding carboxylic acids is 1. The summed E-state index contributed by atoms with van der Waals surface area (Å²) in [6.07, 6.45) is 0.295. The van der Waals surface area contributed by atoms with Gasteiger partial charge in [-0.1, -0.05) is 19.1 Å². The summed E-state index contributed by atoms with van der Waals surface area (Å²) in [5.41, 5.74) is 2.21. The largest absolute Gasteiger partial charge is 0.480 e. The third-order valence-corrected chi connectivity index (χ3v) is 3.33. The normalized spacial score (nSPS) is 12.1. The fourth-order valence-electron chi connectivity index (χ4n) is 2.03. The fraction of sp³-hybridized carbons (Fsp3) is 0.562.